The van der Waals surface area contributed by atoms with E-state index in [0.717, 1.165) is 11.4 Å². The Kier molecular flexibility index (Phi) is 4.43. The molecular weight excluding hydrogens is 196 g/mol. The van der Waals surface area contributed by atoms with Crippen molar-refractivity contribution < 1.29 is 4.74 Å². The molecule has 0 amide bonds. The molecule has 0 heterocycles. The van der Waals surface area contributed by atoms with Crippen LogP contribution in [0.3, 0.4) is 0 Å². The van der Waals surface area contributed by atoms with Gasteiger partial charge in [-0.15, -0.1) is 0 Å². The molecular formula is C12H17ClO. The van der Waals surface area contributed by atoms with Crippen molar-refractivity contribution in [2.45, 2.75) is 26.4 Å². The van der Waals surface area contributed by atoms with Gasteiger partial charge in [0.05, 0.1) is 6.10 Å². The summed E-state index contributed by atoms with van der Waals surface area (Å²) in [7, 11) is 1.76. The Bertz CT molecular complexity index is 268. The van der Waals surface area contributed by atoms with Crippen LogP contribution in [-0.2, 0) is 4.74 Å². The lowest BCUT2D eigenvalue weighted by atomic mass is 9.95. The third kappa shape index (κ3) is 2.73. The smallest absolute Gasteiger partial charge is 0.0846 e. The molecule has 0 spiro atoms. The lowest BCUT2D eigenvalue weighted by molar-refractivity contribution is 0.0565. The van der Waals surface area contributed by atoms with Gasteiger partial charge in [-0.25, -0.2) is 0 Å². The van der Waals surface area contributed by atoms with Crippen molar-refractivity contribution in [3.63, 3.8) is 0 Å². The highest BCUT2D eigenvalue weighted by molar-refractivity contribution is 6.30. The normalized spacial score (nSPS) is 15.1. The Morgan fingerprint density at radius 1 is 1.29 bits per heavy atom. The number of methoxy groups -OCH3 is 1. The summed E-state index contributed by atoms with van der Waals surface area (Å²) in [5.41, 5.74) is 1.20. The molecule has 78 valence electrons. The lowest BCUT2D eigenvalue weighted by Crippen LogP contribution is -2.10. The molecule has 1 aromatic rings. The minimum Gasteiger partial charge on any atom is -0.376 e. The fourth-order valence-corrected chi connectivity index (χ4v) is 1.69. The third-order valence-corrected chi connectivity index (χ3v) is 2.87. The molecule has 0 aliphatic carbocycles. The van der Waals surface area contributed by atoms with E-state index in [1.165, 1.54) is 5.56 Å². The van der Waals surface area contributed by atoms with E-state index >= 15 is 0 Å². The molecule has 1 rings (SSSR count). The minimum atomic E-state index is 0.178. The molecule has 0 radical (unpaired) electrons. The summed E-state index contributed by atoms with van der Waals surface area (Å²) in [6.45, 7) is 4.37. The van der Waals surface area contributed by atoms with Crippen molar-refractivity contribution in [3.8, 4) is 0 Å². The summed E-state index contributed by atoms with van der Waals surface area (Å²) in [6, 6.07) is 7.88. The number of halogens is 1. The van der Waals surface area contributed by atoms with E-state index in [-0.39, 0.29) is 6.10 Å². The van der Waals surface area contributed by atoms with Gasteiger partial charge in [-0.2, -0.15) is 0 Å². The molecule has 0 saturated heterocycles. The molecule has 0 N–H and O–H groups in total. The monoisotopic (exact) mass is 212 g/mol. The SMILES string of the molecule is CC[C@@H](C)[C@@H](OC)c1ccc(Cl)cc1. The van der Waals surface area contributed by atoms with E-state index in [9.17, 15) is 0 Å². The first-order valence-corrected chi connectivity index (χ1v) is 5.35. The number of rotatable bonds is 4. The number of benzene rings is 1. The van der Waals surface area contributed by atoms with Crippen LogP contribution in [0.15, 0.2) is 24.3 Å². The Morgan fingerprint density at radius 3 is 2.29 bits per heavy atom. The van der Waals surface area contributed by atoms with Gasteiger partial charge in [-0.05, 0) is 23.6 Å². The Labute approximate surface area is 91.0 Å². The predicted molar refractivity (Wildman–Crippen MR) is 60.7 cm³/mol. The average Bonchev–Trinajstić information content (AvgIpc) is 2.21. The molecule has 1 aromatic carbocycles. The van der Waals surface area contributed by atoms with Crippen LogP contribution in [0.1, 0.15) is 31.9 Å². The lowest BCUT2D eigenvalue weighted by Gasteiger charge is -2.21. The summed E-state index contributed by atoms with van der Waals surface area (Å²) in [5.74, 6) is 0.529. The zero-order valence-corrected chi connectivity index (χ0v) is 9.71. The van der Waals surface area contributed by atoms with Crippen LogP contribution in [0.4, 0.5) is 0 Å². The summed E-state index contributed by atoms with van der Waals surface area (Å²) >= 11 is 5.83. The first-order chi connectivity index (χ1) is 6.69. The van der Waals surface area contributed by atoms with Crippen molar-refractivity contribution in [2.24, 2.45) is 5.92 Å². The van der Waals surface area contributed by atoms with E-state index in [1.807, 2.05) is 24.3 Å². The van der Waals surface area contributed by atoms with Crippen molar-refractivity contribution in [3.05, 3.63) is 34.9 Å². The zero-order valence-electron chi connectivity index (χ0n) is 8.96. The standard InChI is InChI=1S/C12H17ClO/c1-4-9(2)12(14-3)10-5-7-11(13)8-6-10/h5-9,12H,4H2,1-3H3/t9-,12-/m1/s1. The summed E-state index contributed by atoms with van der Waals surface area (Å²) in [5, 5.41) is 0.771. The molecule has 2 atom stereocenters. The zero-order chi connectivity index (χ0) is 10.6. The molecule has 1 nitrogen and oxygen atoms in total. The molecule has 2 heteroatoms. The highest BCUT2D eigenvalue weighted by atomic mass is 35.5. The molecule has 0 unspecified atom stereocenters. The maximum Gasteiger partial charge on any atom is 0.0846 e. The highest BCUT2D eigenvalue weighted by Crippen LogP contribution is 2.28. The van der Waals surface area contributed by atoms with E-state index in [0.29, 0.717) is 5.92 Å². The first kappa shape index (κ1) is 11.5. The van der Waals surface area contributed by atoms with E-state index < -0.39 is 0 Å². The number of hydrogen-bond donors (Lipinski definition) is 0. The van der Waals surface area contributed by atoms with Crippen LogP contribution in [0.5, 0.6) is 0 Å². The van der Waals surface area contributed by atoms with Crippen LogP contribution >= 0.6 is 11.6 Å². The Hall–Kier alpha value is -0.530. The van der Waals surface area contributed by atoms with Crippen molar-refractivity contribution in [2.75, 3.05) is 7.11 Å². The van der Waals surface area contributed by atoms with Crippen molar-refractivity contribution in [1.82, 2.24) is 0 Å². The maximum absolute atomic E-state index is 5.83. The second kappa shape index (κ2) is 5.38. The molecule has 0 saturated carbocycles. The third-order valence-electron chi connectivity index (χ3n) is 2.61. The fourth-order valence-electron chi connectivity index (χ4n) is 1.56. The quantitative estimate of drug-likeness (QED) is 0.731. The van der Waals surface area contributed by atoms with Crippen LogP contribution in [-0.4, -0.2) is 7.11 Å². The van der Waals surface area contributed by atoms with Crippen LogP contribution < -0.4 is 0 Å². The molecule has 14 heavy (non-hydrogen) atoms. The highest BCUT2D eigenvalue weighted by Gasteiger charge is 2.16. The van der Waals surface area contributed by atoms with Gasteiger partial charge in [0.15, 0.2) is 0 Å². The molecule has 0 aromatic heterocycles. The van der Waals surface area contributed by atoms with Gasteiger partial charge < -0.3 is 4.74 Å². The molecule has 0 aliphatic rings. The predicted octanol–water partition coefficient (Wildman–Crippen LogP) is 4.07. The minimum absolute atomic E-state index is 0.178. The number of hydrogen-bond acceptors (Lipinski definition) is 1. The Balaban J connectivity index is 2.84. The van der Waals surface area contributed by atoms with E-state index in [2.05, 4.69) is 13.8 Å². The van der Waals surface area contributed by atoms with Crippen molar-refractivity contribution >= 4 is 11.6 Å². The second-order valence-electron chi connectivity index (χ2n) is 3.59. The first-order valence-electron chi connectivity index (χ1n) is 4.97. The summed E-state index contributed by atoms with van der Waals surface area (Å²) in [6.07, 6.45) is 1.29. The van der Waals surface area contributed by atoms with Crippen LogP contribution in [0, 0.1) is 5.92 Å². The maximum atomic E-state index is 5.83. The second-order valence-corrected chi connectivity index (χ2v) is 4.03. The van der Waals surface area contributed by atoms with E-state index in [1.54, 1.807) is 7.11 Å². The molecule has 0 fully saturated rings. The van der Waals surface area contributed by atoms with E-state index in [4.69, 9.17) is 16.3 Å². The largest absolute Gasteiger partial charge is 0.376 e. The van der Waals surface area contributed by atoms with Gasteiger partial charge in [0, 0.05) is 12.1 Å². The summed E-state index contributed by atoms with van der Waals surface area (Å²) < 4.78 is 5.49. The summed E-state index contributed by atoms with van der Waals surface area (Å²) in [4.78, 5) is 0. The topological polar surface area (TPSA) is 9.23 Å². The molecule has 0 aliphatic heterocycles. The Morgan fingerprint density at radius 2 is 1.86 bits per heavy atom. The van der Waals surface area contributed by atoms with Gasteiger partial charge in [-0.3, -0.25) is 0 Å². The van der Waals surface area contributed by atoms with Gasteiger partial charge >= 0.3 is 0 Å². The van der Waals surface area contributed by atoms with Crippen LogP contribution in [0.25, 0.3) is 0 Å². The fraction of sp³-hybridized carbons (Fsp3) is 0.500. The van der Waals surface area contributed by atoms with Gasteiger partial charge in [0.25, 0.3) is 0 Å². The number of ether oxygens (including phenoxy) is 1. The molecule has 0 bridgehead atoms. The van der Waals surface area contributed by atoms with Crippen molar-refractivity contribution in [1.29, 1.82) is 0 Å². The van der Waals surface area contributed by atoms with Gasteiger partial charge in [-0.1, -0.05) is 44.0 Å². The van der Waals surface area contributed by atoms with Gasteiger partial charge in [0.1, 0.15) is 0 Å². The van der Waals surface area contributed by atoms with Gasteiger partial charge in [0.2, 0.25) is 0 Å². The average molecular weight is 213 g/mol. The van der Waals surface area contributed by atoms with Crippen LogP contribution in [0.2, 0.25) is 5.02 Å².